The van der Waals surface area contributed by atoms with Crippen molar-refractivity contribution >= 4 is 22.8 Å². The van der Waals surface area contributed by atoms with E-state index in [1.165, 1.54) is 6.07 Å². The summed E-state index contributed by atoms with van der Waals surface area (Å²) in [4.78, 5) is 25.5. The van der Waals surface area contributed by atoms with Crippen LogP contribution in [-0.4, -0.2) is 16.5 Å². The number of aromatic hydroxyl groups is 1. The summed E-state index contributed by atoms with van der Waals surface area (Å²) in [5.41, 5.74) is 0.606. The molecule has 2 aromatic rings. The second-order valence-corrected chi connectivity index (χ2v) is 8.43. The molecule has 0 amide bonds. The van der Waals surface area contributed by atoms with E-state index >= 15 is 0 Å². The summed E-state index contributed by atoms with van der Waals surface area (Å²) in [6.45, 7) is 9.64. The van der Waals surface area contributed by atoms with Crippen LogP contribution >= 0.6 is 0 Å². The number of carbonyl (C=O) groups is 1. The zero-order valence-corrected chi connectivity index (χ0v) is 17.9. The molecule has 0 saturated heterocycles. The summed E-state index contributed by atoms with van der Waals surface area (Å²) in [6.07, 6.45) is 7.93. The molecule has 5 heteroatoms. The fraction of sp³-hybridized carbons (Fsp3) is 0.500. The van der Waals surface area contributed by atoms with E-state index in [1.807, 2.05) is 39.8 Å². The Morgan fingerprint density at radius 1 is 1.24 bits per heavy atom. The number of rotatable bonds is 7. The van der Waals surface area contributed by atoms with Crippen molar-refractivity contribution in [2.45, 2.75) is 72.3 Å². The van der Waals surface area contributed by atoms with Gasteiger partial charge in [-0.15, -0.1) is 0 Å². The van der Waals surface area contributed by atoms with Crippen molar-refractivity contribution < 1.29 is 19.1 Å². The summed E-state index contributed by atoms with van der Waals surface area (Å²) >= 11 is 0. The number of phenolic OH excluding ortho intramolecular Hbond substituents is 1. The second kappa shape index (κ2) is 8.05. The van der Waals surface area contributed by atoms with Gasteiger partial charge < -0.3 is 14.3 Å². The minimum atomic E-state index is -0.642. The maximum atomic E-state index is 13.2. The van der Waals surface area contributed by atoms with Crippen molar-refractivity contribution in [1.29, 1.82) is 0 Å². The zero-order chi connectivity index (χ0) is 21.3. The van der Waals surface area contributed by atoms with E-state index in [9.17, 15) is 14.7 Å². The minimum Gasteiger partial charge on any atom is -0.506 e. The molecule has 1 atom stereocenters. The number of ether oxygens (including phenoxy) is 1. The molecule has 5 nitrogen and oxygen atoms in total. The van der Waals surface area contributed by atoms with E-state index in [1.54, 1.807) is 0 Å². The Bertz CT molecular complexity index is 1030. The Morgan fingerprint density at radius 3 is 2.62 bits per heavy atom. The fourth-order valence-corrected chi connectivity index (χ4v) is 3.72. The first-order valence-electron chi connectivity index (χ1n) is 10.5. The summed E-state index contributed by atoms with van der Waals surface area (Å²) in [5.74, 6) is -0.286. The first-order chi connectivity index (χ1) is 13.7. The van der Waals surface area contributed by atoms with Crippen molar-refractivity contribution in [2.24, 2.45) is 5.92 Å². The topological polar surface area (TPSA) is 76.7 Å². The molecule has 2 heterocycles. The number of aryl methyl sites for hydroxylation is 1. The van der Waals surface area contributed by atoms with Crippen molar-refractivity contribution in [3.05, 3.63) is 39.3 Å². The molecule has 156 valence electrons. The van der Waals surface area contributed by atoms with Crippen molar-refractivity contribution in [3.8, 4) is 11.5 Å². The molecule has 0 radical (unpaired) electrons. The van der Waals surface area contributed by atoms with Gasteiger partial charge >= 0.3 is 5.63 Å². The number of hydrogen-bond donors (Lipinski definition) is 1. The number of carbonyl (C=O) groups excluding carboxylic acids is 1. The predicted molar refractivity (Wildman–Crippen MR) is 115 cm³/mol. The molecule has 1 aromatic carbocycles. The van der Waals surface area contributed by atoms with E-state index in [-0.39, 0.29) is 28.6 Å². The zero-order valence-electron chi connectivity index (χ0n) is 17.9. The van der Waals surface area contributed by atoms with Crippen LogP contribution in [0.15, 0.2) is 21.4 Å². The molecular weight excluding hydrogens is 368 g/mol. The summed E-state index contributed by atoms with van der Waals surface area (Å²) in [5, 5.41) is 11.7. The fourth-order valence-electron chi connectivity index (χ4n) is 3.72. The Labute approximate surface area is 171 Å². The molecule has 0 fully saturated rings. The van der Waals surface area contributed by atoms with Gasteiger partial charge in [0, 0.05) is 12.0 Å². The molecule has 0 bridgehead atoms. The van der Waals surface area contributed by atoms with E-state index in [2.05, 4.69) is 6.92 Å². The van der Waals surface area contributed by atoms with Crippen molar-refractivity contribution in [2.75, 3.05) is 0 Å². The van der Waals surface area contributed by atoms with E-state index < -0.39 is 11.2 Å². The molecule has 0 aliphatic carbocycles. The molecule has 0 saturated carbocycles. The molecule has 1 aromatic heterocycles. The van der Waals surface area contributed by atoms with Crippen LogP contribution in [0.3, 0.4) is 0 Å². The lowest BCUT2D eigenvalue weighted by Gasteiger charge is -2.30. The first kappa shape index (κ1) is 21.2. The molecule has 1 N–H and O–H groups in total. The Morgan fingerprint density at radius 2 is 1.97 bits per heavy atom. The van der Waals surface area contributed by atoms with Crippen LogP contribution in [-0.2, 0) is 6.42 Å². The SMILES string of the molecule is CCCCCc1cc(=O)oc2c3c(c(C(=O)[C@H](C)CC)c(O)c12)OC(C)(C)C=C3. The van der Waals surface area contributed by atoms with Crippen LogP contribution in [0, 0.1) is 5.92 Å². The Hall–Kier alpha value is -2.56. The molecule has 0 unspecified atom stereocenters. The third-order valence-corrected chi connectivity index (χ3v) is 5.61. The molecule has 0 spiro atoms. The minimum absolute atomic E-state index is 0.148. The Kier molecular flexibility index (Phi) is 5.87. The molecular formula is C24H30O5. The Balaban J connectivity index is 2.37. The summed E-state index contributed by atoms with van der Waals surface area (Å²) < 4.78 is 11.6. The number of hydrogen-bond acceptors (Lipinski definition) is 5. The van der Waals surface area contributed by atoms with E-state index in [0.29, 0.717) is 35.1 Å². The van der Waals surface area contributed by atoms with Gasteiger partial charge in [0.05, 0.1) is 10.9 Å². The first-order valence-corrected chi connectivity index (χ1v) is 10.5. The normalized spacial score (nSPS) is 15.8. The quantitative estimate of drug-likeness (QED) is 0.371. The molecule has 1 aliphatic heterocycles. The van der Waals surface area contributed by atoms with E-state index in [0.717, 1.165) is 19.3 Å². The number of ketones is 1. The lowest BCUT2D eigenvalue weighted by molar-refractivity contribution is 0.0911. The highest BCUT2D eigenvalue weighted by molar-refractivity contribution is 6.11. The third kappa shape index (κ3) is 3.96. The highest BCUT2D eigenvalue weighted by Crippen LogP contribution is 2.46. The van der Waals surface area contributed by atoms with Crippen LogP contribution in [0.2, 0.25) is 0 Å². The predicted octanol–water partition coefficient (Wildman–Crippen LogP) is 5.64. The number of benzene rings is 1. The average Bonchev–Trinajstić information content (AvgIpc) is 2.66. The van der Waals surface area contributed by atoms with Gasteiger partial charge in [-0.1, -0.05) is 33.6 Å². The number of fused-ring (bicyclic) bond motifs is 3. The third-order valence-electron chi connectivity index (χ3n) is 5.61. The van der Waals surface area contributed by atoms with Crippen molar-refractivity contribution in [1.82, 2.24) is 0 Å². The van der Waals surface area contributed by atoms with Crippen LogP contribution < -0.4 is 10.4 Å². The number of phenols is 1. The molecule has 3 rings (SSSR count). The smallest absolute Gasteiger partial charge is 0.336 e. The van der Waals surface area contributed by atoms with Gasteiger partial charge in [-0.2, -0.15) is 0 Å². The molecule has 1 aliphatic rings. The number of Topliss-reactive ketones (excluding diaryl/α,β-unsaturated/α-hetero) is 1. The largest absolute Gasteiger partial charge is 0.506 e. The summed E-state index contributed by atoms with van der Waals surface area (Å²) in [7, 11) is 0. The van der Waals surface area contributed by atoms with Gasteiger partial charge in [0.25, 0.3) is 0 Å². The van der Waals surface area contributed by atoms with Gasteiger partial charge in [0.2, 0.25) is 0 Å². The van der Waals surface area contributed by atoms with Gasteiger partial charge in [0.15, 0.2) is 11.4 Å². The van der Waals surface area contributed by atoms with Crippen molar-refractivity contribution in [3.63, 3.8) is 0 Å². The molecule has 29 heavy (non-hydrogen) atoms. The van der Waals surface area contributed by atoms with Gasteiger partial charge in [-0.05, 0) is 50.8 Å². The highest BCUT2D eigenvalue weighted by atomic mass is 16.5. The van der Waals surface area contributed by atoms with Crippen LogP contribution in [0.25, 0.3) is 17.0 Å². The van der Waals surface area contributed by atoms with Crippen LogP contribution in [0.1, 0.15) is 81.8 Å². The lowest BCUT2D eigenvalue weighted by Crippen LogP contribution is -2.29. The standard InChI is InChI=1S/C24H30O5/c1-6-8-9-10-15-13-17(25)28-22-16-11-12-24(4,5)29-23(16)19(21(27)18(15)22)20(26)14(3)7-2/h11-14,27H,6-10H2,1-5H3/t14-/m1/s1. The number of unbranched alkanes of at least 4 members (excludes halogenated alkanes) is 2. The van der Waals surface area contributed by atoms with Crippen LogP contribution in [0.5, 0.6) is 11.5 Å². The lowest BCUT2D eigenvalue weighted by atomic mass is 9.88. The highest BCUT2D eigenvalue weighted by Gasteiger charge is 2.34. The van der Waals surface area contributed by atoms with Gasteiger partial charge in [0.1, 0.15) is 22.7 Å². The van der Waals surface area contributed by atoms with Gasteiger partial charge in [-0.3, -0.25) is 4.79 Å². The maximum absolute atomic E-state index is 13.2. The van der Waals surface area contributed by atoms with E-state index in [4.69, 9.17) is 9.15 Å². The maximum Gasteiger partial charge on any atom is 0.336 e. The van der Waals surface area contributed by atoms with Gasteiger partial charge in [-0.25, -0.2) is 4.79 Å². The average molecular weight is 398 g/mol. The summed E-state index contributed by atoms with van der Waals surface area (Å²) in [6, 6.07) is 1.43. The second-order valence-electron chi connectivity index (χ2n) is 8.43. The monoisotopic (exact) mass is 398 g/mol. The van der Waals surface area contributed by atoms with Crippen LogP contribution in [0.4, 0.5) is 0 Å².